The number of furan rings is 1. The van der Waals surface area contributed by atoms with Gasteiger partial charge in [-0.1, -0.05) is 0 Å². The molecule has 0 unspecified atom stereocenters. The Morgan fingerprint density at radius 1 is 1.17 bits per heavy atom. The van der Waals surface area contributed by atoms with Crippen molar-refractivity contribution < 1.29 is 23.4 Å². The predicted molar refractivity (Wildman–Crippen MR) is 82.7 cm³/mol. The number of fused-ring (bicyclic) bond motifs is 4. The van der Waals surface area contributed by atoms with Gasteiger partial charge in [-0.05, 0) is 50.1 Å². The second-order valence-corrected chi connectivity index (χ2v) is 6.57. The smallest absolute Gasteiger partial charge is 0.417 e. The third-order valence-electron chi connectivity index (χ3n) is 3.72. The Kier molecular flexibility index (Phi) is 2.85. The van der Waals surface area contributed by atoms with Crippen molar-refractivity contribution in [3.8, 4) is 22.6 Å². The van der Waals surface area contributed by atoms with Crippen LogP contribution in [0, 0.1) is 0 Å². The van der Waals surface area contributed by atoms with Gasteiger partial charge >= 0.3 is 6.09 Å². The van der Waals surface area contributed by atoms with Crippen LogP contribution in [0.25, 0.3) is 11.1 Å². The van der Waals surface area contributed by atoms with E-state index in [0.717, 1.165) is 16.7 Å². The van der Waals surface area contributed by atoms with E-state index in [2.05, 4.69) is 0 Å². The average molecular weight is 315 g/mol. The van der Waals surface area contributed by atoms with E-state index in [-0.39, 0.29) is 6.79 Å². The molecule has 2 aromatic rings. The molecule has 0 saturated heterocycles. The predicted octanol–water partition coefficient (Wildman–Crippen LogP) is 3.93. The topological polar surface area (TPSA) is 61.1 Å². The first-order valence-electron chi connectivity index (χ1n) is 7.43. The lowest BCUT2D eigenvalue weighted by atomic mass is 9.96. The highest BCUT2D eigenvalue weighted by Gasteiger charge is 2.33. The van der Waals surface area contributed by atoms with E-state index in [0.29, 0.717) is 23.9 Å². The summed E-state index contributed by atoms with van der Waals surface area (Å²) in [7, 11) is 0. The van der Waals surface area contributed by atoms with Crippen LogP contribution in [0.5, 0.6) is 11.5 Å². The standard InChI is InChI=1S/C17H17NO5/c1-17(2,3)23-16(19)18-8-10-6-13-14(22-9-21-13)7-12(10)11-4-5-20-15(11)18/h4-7H,8-9H2,1-3H3. The zero-order chi connectivity index (χ0) is 16.2. The molecular weight excluding hydrogens is 298 g/mol. The molecule has 0 N–H and O–H groups in total. The molecule has 120 valence electrons. The van der Waals surface area contributed by atoms with E-state index in [1.54, 1.807) is 6.26 Å². The van der Waals surface area contributed by atoms with E-state index in [1.165, 1.54) is 4.90 Å². The van der Waals surface area contributed by atoms with Crippen molar-refractivity contribution in [1.29, 1.82) is 0 Å². The monoisotopic (exact) mass is 315 g/mol. The molecule has 1 amide bonds. The quantitative estimate of drug-likeness (QED) is 0.737. The SMILES string of the molecule is CC(C)(C)OC(=O)N1Cc2cc3c(cc2-c2ccoc21)OCO3. The first-order valence-corrected chi connectivity index (χ1v) is 7.43. The second-order valence-electron chi connectivity index (χ2n) is 6.57. The van der Waals surface area contributed by atoms with Crippen LogP contribution in [0.3, 0.4) is 0 Å². The summed E-state index contributed by atoms with van der Waals surface area (Å²) in [6, 6.07) is 5.68. The second kappa shape index (κ2) is 4.68. The average Bonchev–Trinajstić information content (AvgIpc) is 3.10. The molecule has 2 aliphatic rings. The van der Waals surface area contributed by atoms with E-state index < -0.39 is 11.7 Å². The van der Waals surface area contributed by atoms with Gasteiger partial charge in [-0.15, -0.1) is 0 Å². The molecule has 0 atom stereocenters. The zero-order valence-corrected chi connectivity index (χ0v) is 13.2. The summed E-state index contributed by atoms with van der Waals surface area (Å²) in [6.45, 7) is 6.09. The number of anilines is 1. The molecule has 0 radical (unpaired) electrons. The number of amides is 1. The molecule has 0 bridgehead atoms. The number of hydrogen-bond acceptors (Lipinski definition) is 5. The molecular formula is C17H17NO5. The summed E-state index contributed by atoms with van der Waals surface area (Å²) in [5, 5.41) is 0. The highest BCUT2D eigenvalue weighted by atomic mass is 16.7. The number of benzene rings is 1. The lowest BCUT2D eigenvalue weighted by molar-refractivity contribution is 0.0571. The number of carbonyl (C=O) groups is 1. The van der Waals surface area contributed by atoms with Gasteiger partial charge in [0, 0.05) is 5.56 Å². The number of carbonyl (C=O) groups excluding carboxylic acids is 1. The molecule has 23 heavy (non-hydrogen) atoms. The first-order chi connectivity index (χ1) is 10.9. The molecule has 6 heteroatoms. The Labute approximate surface area is 133 Å². The highest BCUT2D eigenvalue weighted by Crippen LogP contribution is 2.46. The van der Waals surface area contributed by atoms with Crippen LogP contribution >= 0.6 is 0 Å². The van der Waals surface area contributed by atoms with E-state index >= 15 is 0 Å². The lowest BCUT2D eigenvalue weighted by Crippen LogP contribution is -2.37. The van der Waals surface area contributed by atoms with Crippen LogP contribution in [0.15, 0.2) is 28.9 Å². The Hall–Kier alpha value is -2.63. The minimum Gasteiger partial charge on any atom is -0.454 e. The van der Waals surface area contributed by atoms with Gasteiger partial charge in [0.2, 0.25) is 12.7 Å². The van der Waals surface area contributed by atoms with Crippen molar-refractivity contribution in [2.24, 2.45) is 0 Å². The molecule has 0 saturated carbocycles. The number of hydrogen-bond donors (Lipinski definition) is 0. The van der Waals surface area contributed by atoms with Crippen LogP contribution in [0.2, 0.25) is 0 Å². The van der Waals surface area contributed by atoms with Crippen molar-refractivity contribution in [2.45, 2.75) is 32.9 Å². The van der Waals surface area contributed by atoms with Crippen molar-refractivity contribution >= 4 is 12.0 Å². The van der Waals surface area contributed by atoms with Gasteiger partial charge in [0.05, 0.1) is 12.8 Å². The van der Waals surface area contributed by atoms with Gasteiger partial charge in [0.15, 0.2) is 11.5 Å². The maximum Gasteiger partial charge on any atom is 0.417 e. The van der Waals surface area contributed by atoms with Crippen LogP contribution < -0.4 is 14.4 Å². The van der Waals surface area contributed by atoms with E-state index in [4.69, 9.17) is 18.6 Å². The molecule has 4 rings (SSSR count). The third-order valence-corrected chi connectivity index (χ3v) is 3.72. The Morgan fingerprint density at radius 2 is 1.91 bits per heavy atom. The summed E-state index contributed by atoms with van der Waals surface area (Å²) in [4.78, 5) is 14.0. The van der Waals surface area contributed by atoms with Crippen molar-refractivity contribution in [3.63, 3.8) is 0 Å². The fourth-order valence-electron chi connectivity index (χ4n) is 2.79. The molecule has 1 aromatic heterocycles. The van der Waals surface area contributed by atoms with E-state index in [1.807, 2.05) is 39.0 Å². The van der Waals surface area contributed by atoms with Gasteiger partial charge in [-0.25, -0.2) is 9.69 Å². The van der Waals surface area contributed by atoms with Crippen LogP contribution in [0.4, 0.5) is 10.7 Å². The largest absolute Gasteiger partial charge is 0.454 e. The normalized spacial score (nSPS) is 15.2. The lowest BCUT2D eigenvalue weighted by Gasteiger charge is -2.30. The molecule has 0 spiro atoms. The molecule has 0 aliphatic carbocycles. The van der Waals surface area contributed by atoms with Gasteiger partial charge in [-0.3, -0.25) is 0 Å². The number of nitrogens with zero attached hydrogens (tertiary/aromatic N) is 1. The molecule has 1 aromatic carbocycles. The van der Waals surface area contributed by atoms with Gasteiger partial charge in [0.25, 0.3) is 0 Å². The minimum absolute atomic E-state index is 0.215. The van der Waals surface area contributed by atoms with Crippen molar-refractivity contribution in [3.05, 3.63) is 30.0 Å². The fourth-order valence-corrected chi connectivity index (χ4v) is 2.79. The zero-order valence-electron chi connectivity index (χ0n) is 13.2. The summed E-state index contributed by atoms with van der Waals surface area (Å²) in [5.74, 6) is 1.90. The highest BCUT2D eigenvalue weighted by molar-refractivity contribution is 5.95. The van der Waals surface area contributed by atoms with Gasteiger partial charge in [-0.2, -0.15) is 0 Å². The minimum atomic E-state index is -0.570. The summed E-state index contributed by atoms with van der Waals surface area (Å²) >= 11 is 0. The Balaban J connectivity index is 1.76. The van der Waals surface area contributed by atoms with E-state index in [9.17, 15) is 4.79 Å². The van der Waals surface area contributed by atoms with Crippen molar-refractivity contribution in [2.75, 3.05) is 11.7 Å². The fraction of sp³-hybridized carbons (Fsp3) is 0.353. The summed E-state index contributed by atoms with van der Waals surface area (Å²) in [6.07, 6.45) is 1.14. The first kappa shape index (κ1) is 14.0. The summed E-state index contributed by atoms with van der Waals surface area (Å²) < 4.78 is 21.9. The van der Waals surface area contributed by atoms with Gasteiger partial charge < -0.3 is 18.6 Å². The summed E-state index contributed by atoms with van der Waals surface area (Å²) in [5.41, 5.74) is 2.22. The number of ether oxygens (including phenoxy) is 3. The molecule has 0 fully saturated rings. The maximum atomic E-state index is 12.5. The van der Waals surface area contributed by atoms with Crippen LogP contribution in [-0.2, 0) is 11.3 Å². The van der Waals surface area contributed by atoms with Crippen LogP contribution in [0.1, 0.15) is 26.3 Å². The van der Waals surface area contributed by atoms with Crippen molar-refractivity contribution in [1.82, 2.24) is 0 Å². The molecule has 6 nitrogen and oxygen atoms in total. The Bertz CT molecular complexity index is 787. The third kappa shape index (κ3) is 2.30. The maximum absolute atomic E-state index is 12.5. The Morgan fingerprint density at radius 3 is 2.65 bits per heavy atom. The van der Waals surface area contributed by atoms with Gasteiger partial charge in [0.1, 0.15) is 5.60 Å². The van der Waals surface area contributed by atoms with Crippen LogP contribution in [-0.4, -0.2) is 18.5 Å². The molecule has 2 aliphatic heterocycles. The molecule has 3 heterocycles. The number of rotatable bonds is 0.